The fourth-order valence-electron chi connectivity index (χ4n) is 2.45. The average molecular weight is 344 g/mol. The van der Waals surface area contributed by atoms with Gasteiger partial charge in [0.2, 0.25) is 0 Å². The van der Waals surface area contributed by atoms with Gasteiger partial charge in [-0.05, 0) is 25.1 Å². The summed E-state index contributed by atoms with van der Waals surface area (Å²) in [6.07, 6.45) is 0. The van der Waals surface area contributed by atoms with Crippen LogP contribution in [0.4, 0.5) is 0 Å². The van der Waals surface area contributed by atoms with Crippen molar-refractivity contribution in [3.63, 3.8) is 0 Å². The van der Waals surface area contributed by atoms with E-state index in [2.05, 4.69) is 15.5 Å². The molecule has 0 radical (unpaired) electrons. The van der Waals surface area contributed by atoms with E-state index in [1.54, 1.807) is 25.3 Å². The van der Waals surface area contributed by atoms with Crippen molar-refractivity contribution in [2.45, 2.75) is 6.92 Å². The second-order valence-electron chi connectivity index (χ2n) is 5.15. The van der Waals surface area contributed by atoms with E-state index in [0.717, 1.165) is 32.7 Å². The third kappa shape index (κ3) is 5.89. The molecule has 1 aliphatic heterocycles. The highest BCUT2D eigenvalue weighted by atomic mass is 35.5. The van der Waals surface area contributed by atoms with Crippen molar-refractivity contribution in [1.29, 1.82) is 0 Å². The molecule has 0 aliphatic carbocycles. The largest absolute Gasteiger partial charge is 0.493 e. The fraction of sp³-hybridized carbons (Fsp3) is 0.562. The quantitative estimate of drug-likeness (QED) is 0.777. The molecule has 0 spiro atoms. The summed E-state index contributed by atoms with van der Waals surface area (Å²) in [7, 11) is 1.57. The number of nitrogens with one attached hydrogen (secondary N) is 2. The number of amides is 1. The first-order valence-corrected chi connectivity index (χ1v) is 7.76. The second-order valence-corrected chi connectivity index (χ2v) is 5.15. The number of carbonyl (C=O) groups is 1. The minimum Gasteiger partial charge on any atom is -0.493 e. The van der Waals surface area contributed by atoms with Crippen molar-refractivity contribution in [1.82, 2.24) is 15.5 Å². The first kappa shape index (κ1) is 19.5. The van der Waals surface area contributed by atoms with E-state index in [1.165, 1.54) is 0 Å². The van der Waals surface area contributed by atoms with E-state index < -0.39 is 0 Å². The fourth-order valence-corrected chi connectivity index (χ4v) is 2.45. The molecule has 0 atom stereocenters. The molecular formula is C16H26ClN3O3. The van der Waals surface area contributed by atoms with Gasteiger partial charge in [-0.3, -0.25) is 9.69 Å². The average Bonchev–Trinajstić information content (AvgIpc) is 2.56. The van der Waals surface area contributed by atoms with Crippen LogP contribution in [0, 0.1) is 0 Å². The van der Waals surface area contributed by atoms with Crippen LogP contribution in [0.5, 0.6) is 11.5 Å². The molecule has 1 fully saturated rings. The van der Waals surface area contributed by atoms with Crippen LogP contribution in [0.1, 0.15) is 17.3 Å². The summed E-state index contributed by atoms with van der Waals surface area (Å²) in [5, 5.41) is 6.26. The standard InChI is InChI=1S/C16H25N3O3.ClH/c1-3-22-14-5-4-13(12-15(14)21-2)16(20)18-8-11-19-9-6-17-7-10-19;/h4-5,12,17H,3,6-11H2,1-2H3,(H,18,20);1H. The first-order chi connectivity index (χ1) is 10.7. The maximum Gasteiger partial charge on any atom is 0.251 e. The predicted molar refractivity (Wildman–Crippen MR) is 93.1 cm³/mol. The lowest BCUT2D eigenvalue weighted by Gasteiger charge is -2.27. The Hall–Kier alpha value is -1.50. The Labute approximate surface area is 143 Å². The van der Waals surface area contributed by atoms with Gasteiger partial charge in [-0.1, -0.05) is 0 Å². The number of hydrogen-bond acceptors (Lipinski definition) is 5. The zero-order valence-corrected chi connectivity index (χ0v) is 14.6. The third-order valence-corrected chi connectivity index (χ3v) is 3.65. The van der Waals surface area contributed by atoms with Crippen molar-refractivity contribution in [2.75, 3.05) is 53.0 Å². The molecule has 2 rings (SSSR count). The summed E-state index contributed by atoms with van der Waals surface area (Å²) in [5.41, 5.74) is 0.584. The molecule has 0 aromatic heterocycles. The van der Waals surface area contributed by atoms with Gasteiger partial charge in [-0.25, -0.2) is 0 Å². The zero-order valence-electron chi connectivity index (χ0n) is 13.8. The Morgan fingerprint density at radius 3 is 2.70 bits per heavy atom. The van der Waals surface area contributed by atoms with Gasteiger partial charge in [-0.2, -0.15) is 0 Å². The third-order valence-electron chi connectivity index (χ3n) is 3.65. The Kier molecular flexibility index (Phi) is 8.76. The summed E-state index contributed by atoms with van der Waals surface area (Å²) < 4.78 is 10.7. The highest BCUT2D eigenvalue weighted by molar-refractivity contribution is 5.94. The molecule has 1 saturated heterocycles. The number of hydrogen-bond donors (Lipinski definition) is 2. The lowest BCUT2D eigenvalue weighted by atomic mass is 10.2. The SMILES string of the molecule is CCOc1ccc(C(=O)NCCN2CCNCC2)cc1OC.Cl. The van der Waals surface area contributed by atoms with Gasteiger partial charge in [0.05, 0.1) is 13.7 Å². The van der Waals surface area contributed by atoms with Crippen molar-refractivity contribution in [3.8, 4) is 11.5 Å². The van der Waals surface area contributed by atoms with Gasteiger partial charge >= 0.3 is 0 Å². The van der Waals surface area contributed by atoms with E-state index >= 15 is 0 Å². The van der Waals surface area contributed by atoms with Crippen LogP contribution in [0.2, 0.25) is 0 Å². The molecule has 23 heavy (non-hydrogen) atoms. The molecule has 1 aliphatic rings. The molecule has 0 unspecified atom stereocenters. The molecule has 6 nitrogen and oxygen atoms in total. The highest BCUT2D eigenvalue weighted by Crippen LogP contribution is 2.27. The number of carbonyl (C=O) groups excluding carboxylic acids is 1. The summed E-state index contributed by atoms with van der Waals surface area (Å²) >= 11 is 0. The normalized spacial score (nSPS) is 14.7. The molecule has 1 heterocycles. The topological polar surface area (TPSA) is 62.8 Å². The monoisotopic (exact) mass is 343 g/mol. The Bertz CT molecular complexity index is 493. The molecule has 1 amide bonds. The number of halogens is 1. The molecule has 1 aromatic carbocycles. The number of benzene rings is 1. The van der Waals surface area contributed by atoms with E-state index in [9.17, 15) is 4.79 Å². The summed E-state index contributed by atoms with van der Waals surface area (Å²) in [5.74, 6) is 1.15. The Morgan fingerprint density at radius 1 is 1.30 bits per heavy atom. The number of piperazine rings is 1. The van der Waals surface area contributed by atoms with E-state index in [1.807, 2.05) is 6.92 Å². The molecule has 0 bridgehead atoms. The molecular weight excluding hydrogens is 318 g/mol. The van der Waals surface area contributed by atoms with Crippen molar-refractivity contribution >= 4 is 18.3 Å². The smallest absolute Gasteiger partial charge is 0.251 e. The summed E-state index contributed by atoms with van der Waals surface area (Å²) in [6.45, 7) is 8.10. The number of ether oxygens (including phenoxy) is 2. The molecule has 0 saturated carbocycles. The van der Waals surface area contributed by atoms with E-state index in [4.69, 9.17) is 9.47 Å². The predicted octanol–water partition coefficient (Wildman–Crippen LogP) is 1.15. The van der Waals surface area contributed by atoms with Crippen molar-refractivity contribution in [2.24, 2.45) is 0 Å². The number of methoxy groups -OCH3 is 1. The Morgan fingerprint density at radius 2 is 2.04 bits per heavy atom. The lowest BCUT2D eigenvalue weighted by molar-refractivity contribution is 0.0947. The Balaban J connectivity index is 0.00000264. The van der Waals surface area contributed by atoms with E-state index in [-0.39, 0.29) is 18.3 Å². The van der Waals surface area contributed by atoms with Gasteiger partial charge in [0.15, 0.2) is 11.5 Å². The van der Waals surface area contributed by atoms with Gasteiger partial charge in [0.25, 0.3) is 5.91 Å². The number of rotatable bonds is 7. The van der Waals surface area contributed by atoms with Crippen LogP contribution in [-0.2, 0) is 0 Å². The van der Waals surface area contributed by atoms with Crippen LogP contribution in [0.25, 0.3) is 0 Å². The molecule has 2 N–H and O–H groups in total. The van der Waals surface area contributed by atoms with Crippen LogP contribution in [-0.4, -0.2) is 63.8 Å². The minimum absolute atomic E-state index is 0. The van der Waals surface area contributed by atoms with Crippen LogP contribution in [0.3, 0.4) is 0 Å². The molecule has 1 aromatic rings. The van der Waals surface area contributed by atoms with E-state index in [0.29, 0.717) is 30.2 Å². The lowest BCUT2D eigenvalue weighted by Crippen LogP contribution is -2.46. The minimum atomic E-state index is -0.0866. The highest BCUT2D eigenvalue weighted by Gasteiger charge is 2.12. The van der Waals surface area contributed by atoms with Gasteiger partial charge in [0.1, 0.15) is 0 Å². The first-order valence-electron chi connectivity index (χ1n) is 7.76. The van der Waals surface area contributed by atoms with Gasteiger partial charge in [0, 0.05) is 44.8 Å². The summed E-state index contributed by atoms with van der Waals surface area (Å²) in [4.78, 5) is 14.5. The number of nitrogens with zero attached hydrogens (tertiary/aromatic N) is 1. The van der Waals surface area contributed by atoms with Crippen molar-refractivity contribution < 1.29 is 14.3 Å². The molecule has 130 valence electrons. The van der Waals surface area contributed by atoms with Crippen molar-refractivity contribution in [3.05, 3.63) is 23.8 Å². The van der Waals surface area contributed by atoms with Crippen LogP contribution < -0.4 is 20.1 Å². The summed E-state index contributed by atoms with van der Waals surface area (Å²) in [6, 6.07) is 5.24. The second kappa shape index (κ2) is 10.3. The maximum atomic E-state index is 12.2. The molecule has 7 heteroatoms. The van der Waals surface area contributed by atoms with Crippen LogP contribution in [0.15, 0.2) is 18.2 Å². The zero-order chi connectivity index (χ0) is 15.8. The van der Waals surface area contributed by atoms with Gasteiger partial charge in [-0.15, -0.1) is 12.4 Å². The van der Waals surface area contributed by atoms with Gasteiger partial charge < -0.3 is 20.1 Å². The van der Waals surface area contributed by atoms with Crippen LogP contribution >= 0.6 is 12.4 Å². The maximum absolute atomic E-state index is 12.2.